The summed E-state index contributed by atoms with van der Waals surface area (Å²) in [6.07, 6.45) is 5.46. The van der Waals surface area contributed by atoms with E-state index in [1.165, 1.54) is 38.8 Å². The molecule has 0 bridgehead atoms. The Morgan fingerprint density at radius 2 is 1.95 bits per heavy atom. The first-order valence-corrected chi connectivity index (χ1v) is 8.78. The van der Waals surface area contributed by atoms with Gasteiger partial charge in [0.25, 0.3) is 0 Å². The van der Waals surface area contributed by atoms with Gasteiger partial charge in [-0.3, -0.25) is 9.89 Å². The van der Waals surface area contributed by atoms with Crippen molar-refractivity contribution in [3.8, 4) is 0 Å². The van der Waals surface area contributed by atoms with Gasteiger partial charge in [0.15, 0.2) is 5.96 Å². The second-order valence-corrected chi connectivity index (χ2v) is 7.53. The molecular weight excluding hydrogens is 387 g/mol. The van der Waals surface area contributed by atoms with Gasteiger partial charge < -0.3 is 10.6 Å². The number of rotatable bonds is 6. The molecule has 1 unspecified atom stereocenters. The quantitative estimate of drug-likeness (QED) is 0.393. The van der Waals surface area contributed by atoms with Crippen LogP contribution < -0.4 is 10.6 Å². The van der Waals surface area contributed by atoms with Crippen LogP contribution in [0.4, 0.5) is 0 Å². The first kappa shape index (κ1) is 20.0. The number of piperidine rings is 1. The fraction of sp³-hybridized carbons (Fsp3) is 0.941. The highest BCUT2D eigenvalue weighted by Crippen LogP contribution is 2.27. The minimum absolute atomic E-state index is 0. The highest BCUT2D eigenvalue weighted by molar-refractivity contribution is 14.0. The molecule has 1 aliphatic heterocycles. The molecule has 1 atom stereocenters. The standard InChI is InChI=1S/C17H34N4.HI/c1-5-18-16(19-11-15-8-9-15)20-13-17(3,4)21-10-6-7-14(2)12-21;/h14-15H,5-13H2,1-4H3,(H2,18,19,20);1H. The number of halogens is 1. The lowest BCUT2D eigenvalue weighted by Gasteiger charge is -2.42. The molecule has 0 amide bonds. The van der Waals surface area contributed by atoms with Crippen molar-refractivity contribution in [2.75, 3.05) is 32.7 Å². The van der Waals surface area contributed by atoms with Gasteiger partial charge in [0.2, 0.25) is 0 Å². The summed E-state index contributed by atoms with van der Waals surface area (Å²) >= 11 is 0. The van der Waals surface area contributed by atoms with Crippen molar-refractivity contribution in [3.05, 3.63) is 0 Å². The van der Waals surface area contributed by atoms with Crippen LogP contribution in [-0.2, 0) is 0 Å². The smallest absolute Gasteiger partial charge is 0.191 e. The Morgan fingerprint density at radius 1 is 1.23 bits per heavy atom. The molecule has 2 aliphatic rings. The zero-order valence-electron chi connectivity index (χ0n) is 14.8. The largest absolute Gasteiger partial charge is 0.357 e. The average Bonchev–Trinajstić information content (AvgIpc) is 3.26. The predicted octanol–water partition coefficient (Wildman–Crippen LogP) is 3.08. The van der Waals surface area contributed by atoms with Crippen LogP contribution in [0.25, 0.3) is 0 Å². The van der Waals surface area contributed by atoms with Crippen LogP contribution in [-0.4, -0.2) is 49.1 Å². The number of likely N-dealkylation sites (tertiary alicyclic amines) is 1. The third-order valence-electron chi connectivity index (χ3n) is 4.74. The van der Waals surface area contributed by atoms with E-state index in [2.05, 4.69) is 43.2 Å². The molecule has 1 saturated heterocycles. The van der Waals surface area contributed by atoms with Crippen molar-refractivity contribution >= 4 is 29.9 Å². The van der Waals surface area contributed by atoms with Crippen LogP contribution in [0.5, 0.6) is 0 Å². The number of nitrogens with one attached hydrogen (secondary N) is 2. The first-order valence-electron chi connectivity index (χ1n) is 8.78. The van der Waals surface area contributed by atoms with Crippen LogP contribution in [0.15, 0.2) is 4.99 Å². The summed E-state index contributed by atoms with van der Waals surface area (Å²) in [7, 11) is 0. The van der Waals surface area contributed by atoms with Gasteiger partial charge in [0.1, 0.15) is 0 Å². The van der Waals surface area contributed by atoms with E-state index in [1.807, 2.05) is 0 Å². The van der Waals surface area contributed by atoms with Crippen molar-refractivity contribution in [2.45, 2.75) is 58.9 Å². The second kappa shape index (κ2) is 9.30. The lowest BCUT2D eigenvalue weighted by atomic mass is 9.94. The summed E-state index contributed by atoms with van der Waals surface area (Å²) in [5.74, 6) is 2.69. The predicted molar refractivity (Wildman–Crippen MR) is 106 cm³/mol. The number of nitrogens with zero attached hydrogens (tertiary/aromatic N) is 2. The van der Waals surface area contributed by atoms with Crippen LogP contribution in [0.1, 0.15) is 53.4 Å². The average molecular weight is 422 g/mol. The van der Waals surface area contributed by atoms with Gasteiger partial charge >= 0.3 is 0 Å². The van der Waals surface area contributed by atoms with Crippen LogP contribution in [0, 0.1) is 11.8 Å². The third kappa shape index (κ3) is 6.60. The maximum absolute atomic E-state index is 4.84. The molecule has 1 heterocycles. The molecule has 0 aromatic carbocycles. The van der Waals surface area contributed by atoms with E-state index in [0.717, 1.165) is 37.4 Å². The van der Waals surface area contributed by atoms with Crippen LogP contribution in [0.3, 0.4) is 0 Å². The minimum atomic E-state index is 0. The molecule has 130 valence electrons. The molecule has 2 rings (SSSR count). The normalized spacial score (nSPS) is 23.8. The summed E-state index contributed by atoms with van der Waals surface area (Å²) in [6.45, 7) is 14.5. The maximum atomic E-state index is 4.84. The first-order chi connectivity index (χ1) is 10.0. The molecule has 2 N–H and O–H groups in total. The highest BCUT2D eigenvalue weighted by Gasteiger charge is 2.30. The van der Waals surface area contributed by atoms with E-state index < -0.39 is 0 Å². The van der Waals surface area contributed by atoms with Gasteiger partial charge in [0.05, 0.1) is 6.54 Å². The van der Waals surface area contributed by atoms with E-state index in [-0.39, 0.29) is 29.5 Å². The van der Waals surface area contributed by atoms with Crippen molar-refractivity contribution in [1.82, 2.24) is 15.5 Å². The molecule has 22 heavy (non-hydrogen) atoms. The molecule has 5 heteroatoms. The van der Waals surface area contributed by atoms with E-state index in [1.54, 1.807) is 0 Å². The molecule has 1 saturated carbocycles. The van der Waals surface area contributed by atoms with Gasteiger partial charge in [-0.2, -0.15) is 0 Å². The lowest BCUT2D eigenvalue weighted by molar-refractivity contribution is 0.0774. The molecule has 1 aliphatic carbocycles. The Bertz CT molecular complexity index is 353. The molecular formula is C17H35IN4. The van der Waals surface area contributed by atoms with Gasteiger partial charge in [-0.25, -0.2) is 0 Å². The van der Waals surface area contributed by atoms with Crippen LogP contribution >= 0.6 is 24.0 Å². The van der Waals surface area contributed by atoms with Crippen molar-refractivity contribution in [3.63, 3.8) is 0 Å². The molecule has 0 radical (unpaired) electrons. The Morgan fingerprint density at radius 3 is 2.55 bits per heavy atom. The second-order valence-electron chi connectivity index (χ2n) is 7.53. The van der Waals surface area contributed by atoms with Gasteiger partial charge in [0, 0.05) is 25.2 Å². The van der Waals surface area contributed by atoms with Gasteiger partial charge in [-0.15, -0.1) is 24.0 Å². The number of aliphatic imine (C=N–C) groups is 1. The molecule has 0 aromatic heterocycles. The van der Waals surface area contributed by atoms with Crippen LogP contribution in [0.2, 0.25) is 0 Å². The van der Waals surface area contributed by atoms with E-state index in [9.17, 15) is 0 Å². The van der Waals surface area contributed by atoms with Crippen molar-refractivity contribution < 1.29 is 0 Å². The zero-order valence-corrected chi connectivity index (χ0v) is 17.2. The van der Waals surface area contributed by atoms with Crippen molar-refractivity contribution in [2.24, 2.45) is 16.8 Å². The Balaban J connectivity index is 0.00000242. The van der Waals surface area contributed by atoms with E-state index >= 15 is 0 Å². The maximum Gasteiger partial charge on any atom is 0.191 e. The summed E-state index contributed by atoms with van der Waals surface area (Å²) in [5.41, 5.74) is 0.149. The number of guanidine groups is 1. The lowest BCUT2D eigenvalue weighted by Crippen LogP contribution is -2.51. The van der Waals surface area contributed by atoms with E-state index in [0.29, 0.717) is 0 Å². The molecule has 0 spiro atoms. The summed E-state index contributed by atoms with van der Waals surface area (Å²) in [4.78, 5) is 7.46. The topological polar surface area (TPSA) is 39.7 Å². The molecule has 0 aromatic rings. The highest BCUT2D eigenvalue weighted by atomic mass is 127. The van der Waals surface area contributed by atoms with Gasteiger partial charge in [-0.1, -0.05) is 6.92 Å². The fourth-order valence-corrected chi connectivity index (χ4v) is 3.02. The third-order valence-corrected chi connectivity index (χ3v) is 4.74. The summed E-state index contributed by atoms with van der Waals surface area (Å²) in [6, 6.07) is 0. The van der Waals surface area contributed by atoms with E-state index in [4.69, 9.17) is 4.99 Å². The monoisotopic (exact) mass is 422 g/mol. The number of hydrogen-bond donors (Lipinski definition) is 2. The fourth-order valence-electron chi connectivity index (χ4n) is 3.02. The molecule has 2 fully saturated rings. The molecule has 4 nitrogen and oxygen atoms in total. The zero-order chi connectivity index (χ0) is 15.3. The summed E-state index contributed by atoms with van der Waals surface area (Å²) < 4.78 is 0. The van der Waals surface area contributed by atoms with Crippen molar-refractivity contribution in [1.29, 1.82) is 0 Å². The summed E-state index contributed by atoms with van der Waals surface area (Å²) in [5, 5.41) is 6.86. The SMILES string of the molecule is CCNC(=NCC(C)(C)N1CCCC(C)C1)NCC1CC1.I. The Hall–Kier alpha value is -0.0400. The van der Waals surface area contributed by atoms with Gasteiger partial charge in [-0.05, 0) is 64.8 Å². The number of hydrogen-bond acceptors (Lipinski definition) is 2. The minimum Gasteiger partial charge on any atom is -0.357 e. The Kier molecular flexibility index (Phi) is 8.46. The Labute approximate surface area is 153 Å².